The summed E-state index contributed by atoms with van der Waals surface area (Å²) in [6, 6.07) is 1.98. The molecule has 2 N–H and O–H groups in total. The molecule has 2 aromatic rings. The molecule has 0 aliphatic carbocycles. The third-order valence-electron chi connectivity index (χ3n) is 2.64. The summed E-state index contributed by atoms with van der Waals surface area (Å²) < 4.78 is 4.99. The SMILES string of the molecule is Cc1[nH]ncc1CCCNCc1ccoc1. The van der Waals surface area contributed by atoms with Crippen molar-refractivity contribution in [2.24, 2.45) is 0 Å². The van der Waals surface area contributed by atoms with E-state index in [2.05, 4.69) is 22.4 Å². The molecule has 0 fully saturated rings. The smallest absolute Gasteiger partial charge is 0.0947 e. The molecule has 16 heavy (non-hydrogen) atoms. The van der Waals surface area contributed by atoms with Crippen LogP contribution in [0.2, 0.25) is 0 Å². The van der Waals surface area contributed by atoms with Crippen molar-refractivity contribution >= 4 is 0 Å². The van der Waals surface area contributed by atoms with Gasteiger partial charge in [0.05, 0.1) is 18.7 Å². The molecule has 0 bridgehead atoms. The van der Waals surface area contributed by atoms with E-state index in [0.717, 1.165) is 25.9 Å². The molecule has 0 aliphatic heterocycles. The summed E-state index contributed by atoms with van der Waals surface area (Å²) in [6.07, 6.45) is 7.57. The normalized spacial score (nSPS) is 10.8. The molecule has 0 aliphatic rings. The van der Waals surface area contributed by atoms with Gasteiger partial charge in [-0.1, -0.05) is 0 Å². The second-order valence-corrected chi connectivity index (χ2v) is 3.93. The lowest BCUT2D eigenvalue weighted by atomic mass is 10.1. The summed E-state index contributed by atoms with van der Waals surface area (Å²) in [4.78, 5) is 0. The topological polar surface area (TPSA) is 53.9 Å². The minimum absolute atomic E-state index is 0.876. The third kappa shape index (κ3) is 2.97. The first-order valence-corrected chi connectivity index (χ1v) is 5.57. The van der Waals surface area contributed by atoms with Gasteiger partial charge >= 0.3 is 0 Å². The molecule has 0 spiro atoms. The number of aromatic nitrogens is 2. The quantitative estimate of drug-likeness (QED) is 0.731. The Kier molecular flexibility index (Phi) is 3.77. The first-order valence-electron chi connectivity index (χ1n) is 5.57. The molecule has 0 amide bonds. The molecule has 0 radical (unpaired) electrons. The van der Waals surface area contributed by atoms with Crippen LogP contribution in [0.3, 0.4) is 0 Å². The Morgan fingerprint density at radius 2 is 2.44 bits per heavy atom. The fourth-order valence-corrected chi connectivity index (χ4v) is 1.66. The highest BCUT2D eigenvalue weighted by Crippen LogP contribution is 2.05. The van der Waals surface area contributed by atoms with E-state index in [1.54, 1.807) is 12.5 Å². The fraction of sp³-hybridized carbons (Fsp3) is 0.417. The van der Waals surface area contributed by atoms with Crippen LogP contribution in [-0.4, -0.2) is 16.7 Å². The van der Waals surface area contributed by atoms with Crippen molar-refractivity contribution in [3.8, 4) is 0 Å². The summed E-state index contributed by atoms with van der Waals surface area (Å²) in [5.74, 6) is 0. The Bertz CT molecular complexity index is 406. The molecule has 4 heteroatoms. The fourth-order valence-electron chi connectivity index (χ4n) is 1.66. The summed E-state index contributed by atoms with van der Waals surface area (Å²) in [5.41, 5.74) is 3.68. The van der Waals surface area contributed by atoms with Gasteiger partial charge in [0.1, 0.15) is 0 Å². The number of nitrogens with zero attached hydrogens (tertiary/aromatic N) is 1. The first kappa shape index (κ1) is 11.0. The van der Waals surface area contributed by atoms with Crippen molar-refractivity contribution < 1.29 is 4.42 Å². The van der Waals surface area contributed by atoms with Crippen LogP contribution in [0.1, 0.15) is 23.2 Å². The van der Waals surface area contributed by atoms with E-state index < -0.39 is 0 Å². The Morgan fingerprint density at radius 1 is 1.50 bits per heavy atom. The van der Waals surface area contributed by atoms with Gasteiger partial charge in [0.15, 0.2) is 0 Å². The summed E-state index contributed by atoms with van der Waals surface area (Å²) in [7, 11) is 0. The number of hydrogen-bond donors (Lipinski definition) is 2. The van der Waals surface area contributed by atoms with Gasteiger partial charge in [0, 0.05) is 17.8 Å². The van der Waals surface area contributed by atoms with Gasteiger partial charge in [0.25, 0.3) is 0 Å². The summed E-state index contributed by atoms with van der Waals surface area (Å²) >= 11 is 0. The molecule has 0 unspecified atom stereocenters. The summed E-state index contributed by atoms with van der Waals surface area (Å²) in [5, 5.41) is 10.3. The zero-order chi connectivity index (χ0) is 11.2. The molecule has 2 rings (SSSR count). The van der Waals surface area contributed by atoms with Gasteiger partial charge in [-0.25, -0.2) is 0 Å². The average Bonchev–Trinajstić information content (AvgIpc) is 2.90. The minimum Gasteiger partial charge on any atom is -0.472 e. The molecular weight excluding hydrogens is 202 g/mol. The van der Waals surface area contributed by atoms with Crippen LogP contribution in [0.15, 0.2) is 29.2 Å². The van der Waals surface area contributed by atoms with Gasteiger partial charge in [0.2, 0.25) is 0 Å². The van der Waals surface area contributed by atoms with Crippen molar-refractivity contribution in [2.75, 3.05) is 6.54 Å². The number of rotatable bonds is 6. The number of nitrogens with one attached hydrogen (secondary N) is 2. The predicted octanol–water partition coefficient (Wildman–Crippen LogP) is 2.03. The maximum absolute atomic E-state index is 4.99. The zero-order valence-corrected chi connectivity index (χ0v) is 9.49. The number of aromatic amines is 1. The average molecular weight is 219 g/mol. The Morgan fingerprint density at radius 3 is 3.12 bits per heavy atom. The highest BCUT2D eigenvalue weighted by Gasteiger charge is 1.99. The van der Waals surface area contributed by atoms with Crippen LogP contribution < -0.4 is 5.32 Å². The molecule has 0 saturated carbocycles. The monoisotopic (exact) mass is 219 g/mol. The molecule has 0 atom stereocenters. The lowest BCUT2D eigenvalue weighted by Crippen LogP contribution is -2.14. The standard InChI is InChI=1S/C12H17N3O/c1-10-12(8-14-15-10)3-2-5-13-7-11-4-6-16-9-11/h4,6,8-9,13H,2-3,5,7H2,1H3,(H,14,15). The highest BCUT2D eigenvalue weighted by molar-refractivity contribution is 5.14. The predicted molar refractivity (Wildman–Crippen MR) is 62.1 cm³/mol. The Labute approximate surface area is 95.1 Å². The Balaban J connectivity index is 1.61. The third-order valence-corrected chi connectivity index (χ3v) is 2.64. The second-order valence-electron chi connectivity index (χ2n) is 3.93. The lowest BCUT2D eigenvalue weighted by Gasteiger charge is -2.02. The summed E-state index contributed by atoms with van der Waals surface area (Å²) in [6.45, 7) is 3.94. The van der Waals surface area contributed by atoms with E-state index in [4.69, 9.17) is 4.42 Å². The van der Waals surface area contributed by atoms with Crippen LogP contribution in [0.5, 0.6) is 0 Å². The van der Waals surface area contributed by atoms with Crippen LogP contribution in [0.4, 0.5) is 0 Å². The lowest BCUT2D eigenvalue weighted by molar-refractivity contribution is 0.559. The largest absolute Gasteiger partial charge is 0.472 e. The molecule has 4 nitrogen and oxygen atoms in total. The van der Waals surface area contributed by atoms with E-state index in [1.165, 1.54) is 16.8 Å². The second kappa shape index (κ2) is 5.51. The van der Waals surface area contributed by atoms with Crippen molar-refractivity contribution in [1.29, 1.82) is 0 Å². The number of furan rings is 1. The molecule has 2 heterocycles. The molecule has 0 aromatic carbocycles. The van der Waals surface area contributed by atoms with E-state index in [-0.39, 0.29) is 0 Å². The molecule has 0 saturated heterocycles. The van der Waals surface area contributed by atoms with Crippen LogP contribution in [-0.2, 0) is 13.0 Å². The van der Waals surface area contributed by atoms with E-state index in [1.807, 2.05) is 12.3 Å². The van der Waals surface area contributed by atoms with Crippen molar-refractivity contribution in [2.45, 2.75) is 26.3 Å². The van der Waals surface area contributed by atoms with Crippen LogP contribution in [0, 0.1) is 6.92 Å². The van der Waals surface area contributed by atoms with Gasteiger partial charge in [-0.15, -0.1) is 0 Å². The van der Waals surface area contributed by atoms with Gasteiger partial charge in [-0.2, -0.15) is 5.10 Å². The first-order chi connectivity index (χ1) is 7.86. The molecular formula is C12H17N3O. The molecule has 2 aromatic heterocycles. The number of aryl methyl sites for hydroxylation is 2. The van der Waals surface area contributed by atoms with Crippen molar-refractivity contribution in [3.05, 3.63) is 41.6 Å². The molecule has 86 valence electrons. The van der Waals surface area contributed by atoms with Gasteiger partial charge in [-0.3, -0.25) is 5.10 Å². The minimum atomic E-state index is 0.876. The number of hydrogen-bond acceptors (Lipinski definition) is 3. The maximum Gasteiger partial charge on any atom is 0.0947 e. The number of H-pyrrole nitrogens is 1. The van der Waals surface area contributed by atoms with Crippen molar-refractivity contribution in [3.63, 3.8) is 0 Å². The van der Waals surface area contributed by atoms with E-state index >= 15 is 0 Å². The van der Waals surface area contributed by atoms with E-state index in [9.17, 15) is 0 Å². The van der Waals surface area contributed by atoms with E-state index in [0.29, 0.717) is 0 Å². The van der Waals surface area contributed by atoms with Crippen molar-refractivity contribution in [1.82, 2.24) is 15.5 Å². The Hall–Kier alpha value is -1.55. The van der Waals surface area contributed by atoms with Crippen LogP contribution in [0.25, 0.3) is 0 Å². The van der Waals surface area contributed by atoms with Gasteiger partial charge < -0.3 is 9.73 Å². The zero-order valence-electron chi connectivity index (χ0n) is 9.49. The maximum atomic E-state index is 4.99. The van der Waals surface area contributed by atoms with Crippen LogP contribution >= 0.6 is 0 Å². The highest BCUT2D eigenvalue weighted by atomic mass is 16.3. The van der Waals surface area contributed by atoms with Gasteiger partial charge in [-0.05, 0) is 37.9 Å².